The van der Waals surface area contributed by atoms with Gasteiger partial charge in [0, 0.05) is 6.04 Å². The van der Waals surface area contributed by atoms with Gasteiger partial charge in [0.05, 0.1) is 0 Å². The zero-order chi connectivity index (χ0) is 7.56. The fourth-order valence-electron chi connectivity index (χ4n) is 1.10. The first-order valence-corrected chi connectivity index (χ1v) is 3.48. The van der Waals surface area contributed by atoms with Crippen molar-refractivity contribution < 1.29 is 0 Å². The molecule has 0 spiro atoms. The Morgan fingerprint density at radius 2 is 2.60 bits per heavy atom. The van der Waals surface area contributed by atoms with E-state index in [1.807, 2.05) is 6.08 Å². The van der Waals surface area contributed by atoms with Crippen molar-refractivity contribution in [2.45, 2.75) is 19.4 Å². The summed E-state index contributed by atoms with van der Waals surface area (Å²) in [4.78, 5) is 0. The SMILES string of the molecule is C[C@H]1C=C(C(=N)N)CCN1. The second kappa shape index (κ2) is 2.84. The maximum Gasteiger partial charge on any atom is 0.118 e. The highest BCUT2D eigenvalue weighted by Crippen LogP contribution is 2.06. The average molecular weight is 139 g/mol. The molecule has 0 bridgehead atoms. The summed E-state index contributed by atoms with van der Waals surface area (Å²) >= 11 is 0. The van der Waals surface area contributed by atoms with Gasteiger partial charge < -0.3 is 11.1 Å². The summed E-state index contributed by atoms with van der Waals surface area (Å²) in [5.74, 6) is 0.216. The minimum atomic E-state index is 0.216. The van der Waals surface area contributed by atoms with E-state index in [2.05, 4.69) is 12.2 Å². The Hall–Kier alpha value is -0.830. The molecule has 4 N–H and O–H groups in total. The summed E-state index contributed by atoms with van der Waals surface area (Å²) in [7, 11) is 0. The molecule has 0 aromatic carbocycles. The summed E-state index contributed by atoms with van der Waals surface area (Å²) < 4.78 is 0. The molecule has 0 amide bonds. The van der Waals surface area contributed by atoms with Gasteiger partial charge in [-0.1, -0.05) is 6.08 Å². The lowest BCUT2D eigenvalue weighted by Gasteiger charge is -2.18. The number of rotatable bonds is 1. The normalized spacial score (nSPS) is 25.7. The van der Waals surface area contributed by atoms with Crippen LogP contribution in [0.5, 0.6) is 0 Å². The molecular weight excluding hydrogens is 126 g/mol. The first-order chi connectivity index (χ1) is 4.70. The third kappa shape index (κ3) is 1.57. The van der Waals surface area contributed by atoms with Gasteiger partial charge in [0.15, 0.2) is 0 Å². The van der Waals surface area contributed by atoms with E-state index in [9.17, 15) is 0 Å². The number of hydrogen-bond donors (Lipinski definition) is 3. The van der Waals surface area contributed by atoms with Crippen LogP contribution < -0.4 is 11.1 Å². The standard InChI is InChI=1S/C7H13N3/c1-5-4-6(7(8)9)2-3-10-5/h4-5,10H,2-3H2,1H3,(H3,8,9)/t5-/m0/s1. The Kier molecular flexibility index (Phi) is 2.06. The van der Waals surface area contributed by atoms with Crippen molar-refractivity contribution in [1.29, 1.82) is 5.41 Å². The van der Waals surface area contributed by atoms with Crippen molar-refractivity contribution in [1.82, 2.24) is 5.32 Å². The second-order valence-corrected chi connectivity index (χ2v) is 2.60. The highest BCUT2D eigenvalue weighted by molar-refractivity contribution is 5.94. The van der Waals surface area contributed by atoms with Crippen LogP contribution in [0.2, 0.25) is 0 Å². The quantitative estimate of drug-likeness (QED) is 0.360. The van der Waals surface area contributed by atoms with E-state index in [4.69, 9.17) is 11.1 Å². The van der Waals surface area contributed by atoms with E-state index >= 15 is 0 Å². The van der Waals surface area contributed by atoms with Crippen molar-refractivity contribution in [2.75, 3.05) is 6.54 Å². The molecule has 0 saturated carbocycles. The first-order valence-electron chi connectivity index (χ1n) is 3.48. The zero-order valence-electron chi connectivity index (χ0n) is 6.15. The molecule has 0 radical (unpaired) electrons. The van der Waals surface area contributed by atoms with Gasteiger partial charge in [-0.3, -0.25) is 5.41 Å². The molecule has 3 heteroatoms. The fourth-order valence-corrected chi connectivity index (χ4v) is 1.10. The van der Waals surface area contributed by atoms with Gasteiger partial charge in [0.25, 0.3) is 0 Å². The van der Waals surface area contributed by atoms with Gasteiger partial charge in [-0.2, -0.15) is 0 Å². The number of hydrogen-bond acceptors (Lipinski definition) is 2. The lowest BCUT2D eigenvalue weighted by atomic mass is 10.1. The van der Waals surface area contributed by atoms with E-state index in [1.54, 1.807) is 0 Å². The largest absolute Gasteiger partial charge is 0.384 e. The molecule has 0 aromatic heterocycles. The van der Waals surface area contributed by atoms with Crippen LogP contribution in [0.1, 0.15) is 13.3 Å². The van der Waals surface area contributed by atoms with Crippen LogP contribution in [0.3, 0.4) is 0 Å². The Balaban J connectivity index is 2.66. The molecule has 0 aromatic rings. The van der Waals surface area contributed by atoms with Gasteiger partial charge in [-0.25, -0.2) is 0 Å². The first kappa shape index (κ1) is 7.28. The molecule has 1 atom stereocenters. The topological polar surface area (TPSA) is 61.9 Å². The molecule has 0 unspecified atom stereocenters. The lowest BCUT2D eigenvalue weighted by molar-refractivity contribution is 0.605. The zero-order valence-corrected chi connectivity index (χ0v) is 6.15. The fraction of sp³-hybridized carbons (Fsp3) is 0.571. The van der Waals surface area contributed by atoms with E-state index in [-0.39, 0.29) is 5.84 Å². The van der Waals surface area contributed by atoms with Crippen LogP contribution in [0.4, 0.5) is 0 Å². The number of amidine groups is 1. The summed E-state index contributed by atoms with van der Waals surface area (Å²) in [6.07, 6.45) is 2.89. The molecule has 1 heterocycles. The Morgan fingerprint density at radius 3 is 3.00 bits per heavy atom. The van der Waals surface area contributed by atoms with Crippen LogP contribution in [-0.2, 0) is 0 Å². The molecule has 56 valence electrons. The van der Waals surface area contributed by atoms with Crippen molar-refractivity contribution in [3.63, 3.8) is 0 Å². The van der Waals surface area contributed by atoms with Gasteiger partial charge >= 0.3 is 0 Å². The Morgan fingerprint density at radius 1 is 1.90 bits per heavy atom. The molecule has 3 nitrogen and oxygen atoms in total. The summed E-state index contributed by atoms with van der Waals surface area (Å²) in [5, 5.41) is 10.4. The second-order valence-electron chi connectivity index (χ2n) is 2.60. The molecule has 1 rings (SSSR count). The Labute approximate surface area is 60.8 Å². The highest BCUT2D eigenvalue weighted by Gasteiger charge is 2.09. The molecule has 1 aliphatic heterocycles. The van der Waals surface area contributed by atoms with Crippen molar-refractivity contribution in [3.8, 4) is 0 Å². The van der Waals surface area contributed by atoms with Crippen LogP contribution in [0, 0.1) is 5.41 Å². The van der Waals surface area contributed by atoms with Gasteiger partial charge in [0.1, 0.15) is 5.84 Å². The van der Waals surface area contributed by atoms with Crippen molar-refractivity contribution in [2.24, 2.45) is 5.73 Å². The summed E-state index contributed by atoms with van der Waals surface area (Å²) in [6, 6.07) is 0.368. The van der Waals surface area contributed by atoms with E-state index in [0.717, 1.165) is 18.5 Å². The minimum absolute atomic E-state index is 0.216. The molecular formula is C7H13N3. The van der Waals surface area contributed by atoms with Crippen LogP contribution in [0.25, 0.3) is 0 Å². The van der Waals surface area contributed by atoms with E-state index in [1.165, 1.54) is 0 Å². The maximum atomic E-state index is 7.16. The predicted molar refractivity (Wildman–Crippen MR) is 42.1 cm³/mol. The molecule has 0 fully saturated rings. The van der Waals surface area contributed by atoms with Crippen LogP contribution >= 0.6 is 0 Å². The van der Waals surface area contributed by atoms with E-state index in [0.29, 0.717) is 6.04 Å². The van der Waals surface area contributed by atoms with Gasteiger partial charge in [-0.05, 0) is 25.5 Å². The maximum absolute atomic E-state index is 7.16. The lowest BCUT2D eigenvalue weighted by Crippen LogP contribution is -2.32. The summed E-state index contributed by atoms with van der Waals surface area (Å²) in [5.41, 5.74) is 6.29. The predicted octanol–water partition coefficient (Wildman–Crippen LogP) is 0.231. The molecule has 0 aliphatic carbocycles. The third-order valence-electron chi connectivity index (χ3n) is 1.66. The smallest absolute Gasteiger partial charge is 0.118 e. The van der Waals surface area contributed by atoms with E-state index < -0.39 is 0 Å². The average Bonchev–Trinajstić information content (AvgIpc) is 1.88. The monoisotopic (exact) mass is 139 g/mol. The minimum Gasteiger partial charge on any atom is -0.384 e. The van der Waals surface area contributed by atoms with Crippen molar-refractivity contribution in [3.05, 3.63) is 11.6 Å². The van der Waals surface area contributed by atoms with Crippen molar-refractivity contribution >= 4 is 5.84 Å². The molecule has 0 saturated heterocycles. The van der Waals surface area contributed by atoms with Crippen LogP contribution in [-0.4, -0.2) is 18.4 Å². The Bertz CT molecular complexity index is 172. The molecule has 10 heavy (non-hydrogen) atoms. The van der Waals surface area contributed by atoms with Gasteiger partial charge in [0.2, 0.25) is 0 Å². The van der Waals surface area contributed by atoms with Crippen LogP contribution in [0.15, 0.2) is 11.6 Å². The summed E-state index contributed by atoms with van der Waals surface area (Å²) in [6.45, 7) is 2.99. The highest BCUT2D eigenvalue weighted by atomic mass is 14.9. The molecule has 1 aliphatic rings. The number of nitrogens with one attached hydrogen (secondary N) is 2. The number of nitrogens with two attached hydrogens (primary N) is 1. The third-order valence-corrected chi connectivity index (χ3v) is 1.66. The van der Waals surface area contributed by atoms with Gasteiger partial charge in [-0.15, -0.1) is 0 Å².